The summed E-state index contributed by atoms with van der Waals surface area (Å²) in [6, 6.07) is 10.1. The number of carbonyl (C=O) groups excluding carboxylic acids is 1. The Labute approximate surface area is 120 Å². The van der Waals surface area contributed by atoms with Crippen molar-refractivity contribution in [3.8, 4) is 0 Å². The standard InChI is InChI=1S/C14H11BF2N2O2/c16-10-6-11(17)13-12(7-10)18-14(20)19(15(13)21)8-9-4-2-1-3-5-9/h1-7,21H,8H2,(H,18,20). The summed E-state index contributed by atoms with van der Waals surface area (Å²) in [7, 11) is -1.46. The predicted octanol–water partition coefficient (Wildman–Crippen LogP) is 1.70. The molecule has 2 N–H and O–H groups in total. The lowest BCUT2D eigenvalue weighted by Crippen LogP contribution is -2.58. The average Bonchev–Trinajstić information content (AvgIpc) is 2.43. The molecule has 0 saturated carbocycles. The van der Waals surface area contributed by atoms with Crippen LogP contribution in [0.4, 0.5) is 19.3 Å². The number of urea groups is 1. The first kappa shape index (κ1) is 13.6. The van der Waals surface area contributed by atoms with Gasteiger partial charge in [0.05, 0.1) is 0 Å². The molecule has 1 heterocycles. The number of hydrogen-bond donors (Lipinski definition) is 2. The Balaban J connectivity index is 1.96. The fourth-order valence-electron chi connectivity index (χ4n) is 2.34. The Morgan fingerprint density at radius 1 is 1.19 bits per heavy atom. The van der Waals surface area contributed by atoms with E-state index in [1.165, 1.54) is 0 Å². The minimum atomic E-state index is -1.46. The number of nitrogens with one attached hydrogen (secondary N) is 1. The number of carbonyl (C=O) groups is 1. The molecule has 1 aliphatic rings. The molecule has 0 aliphatic carbocycles. The van der Waals surface area contributed by atoms with Crippen LogP contribution in [0, 0.1) is 11.6 Å². The minimum Gasteiger partial charge on any atom is -0.428 e. The van der Waals surface area contributed by atoms with Crippen molar-refractivity contribution in [2.45, 2.75) is 6.54 Å². The molecule has 0 aromatic heterocycles. The van der Waals surface area contributed by atoms with E-state index in [-0.39, 0.29) is 17.7 Å². The third-order valence-corrected chi connectivity index (χ3v) is 3.35. The lowest BCUT2D eigenvalue weighted by molar-refractivity contribution is 0.229. The van der Waals surface area contributed by atoms with Crippen molar-refractivity contribution < 1.29 is 18.6 Å². The average molecular weight is 288 g/mol. The Bertz CT molecular complexity index is 697. The van der Waals surface area contributed by atoms with Crippen LogP contribution in [0.15, 0.2) is 42.5 Å². The van der Waals surface area contributed by atoms with Crippen molar-refractivity contribution in [1.29, 1.82) is 0 Å². The number of amides is 2. The molecular formula is C14H11BF2N2O2. The van der Waals surface area contributed by atoms with Gasteiger partial charge in [-0.2, -0.15) is 0 Å². The van der Waals surface area contributed by atoms with Gasteiger partial charge in [0, 0.05) is 23.8 Å². The lowest BCUT2D eigenvalue weighted by Gasteiger charge is -2.32. The Morgan fingerprint density at radius 2 is 1.90 bits per heavy atom. The predicted molar refractivity (Wildman–Crippen MR) is 75.0 cm³/mol. The maximum Gasteiger partial charge on any atom is 0.458 e. The Hall–Kier alpha value is -2.41. The molecule has 7 heteroatoms. The smallest absolute Gasteiger partial charge is 0.428 e. The lowest BCUT2D eigenvalue weighted by atomic mass is 9.69. The summed E-state index contributed by atoms with van der Waals surface area (Å²) >= 11 is 0. The second-order valence-corrected chi connectivity index (χ2v) is 4.77. The number of fused-ring (bicyclic) bond motifs is 1. The van der Waals surface area contributed by atoms with E-state index in [0.29, 0.717) is 6.07 Å². The fraction of sp³-hybridized carbons (Fsp3) is 0.0714. The van der Waals surface area contributed by atoms with Crippen LogP contribution in [0.3, 0.4) is 0 Å². The molecule has 0 radical (unpaired) electrons. The zero-order valence-corrected chi connectivity index (χ0v) is 10.9. The molecule has 21 heavy (non-hydrogen) atoms. The summed E-state index contributed by atoms with van der Waals surface area (Å²) in [5.41, 5.74) is 0.610. The molecule has 1 aliphatic heterocycles. The van der Waals surface area contributed by atoms with E-state index >= 15 is 0 Å². The second-order valence-electron chi connectivity index (χ2n) is 4.77. The molecule has 2 amide bonds. The van der Waals surface area contributed by atoms with Gasteiger partial charge in [-0.15, -0.1) is 0 Å². The summed E-state index contributed by atoms with van der Waals surface area (Å²) in [6.07, 6.45) is 0. The van der Waals surface area contributed by atoms with Crippen LogP contribution in [-0.4, -0.2) is 22.9 Å². The summed E-state index contributed by atoms with van der Waals surface area (Å²) in [6.45, 7) is 0.115. The molecule has 0 saturated heterocycles. The van der Waals surface area contributed by atoms with Gasteiger partial charge < -0.3 is 15.2 Å². The topological polar surface area (TPSA) is 52.6 Å². The molecule has 0 spiro atoms. The van der Waals surface area contributed by atoms with Crippen molar-refractivity contribution in [3.05, 3.63) is 59.7 Å². The van der Waals surface area contributed by atoms with Crippen LogP contribution in [0.1, 0.15) is 5.56 Å². The number of anilines is 1. The molecule has 2 aromatic rings. The molecule has 0 bridgehead atoms. The van der Waals surface area contributed by atoms with E-state index in [4.69, 9.17) is 0 Å². The highest BCUT2D eigenvalue weighted by molar-refractivity contribution is 6.69. The van der Waals surface area contributed by atoms with Gasteiger partial charge in [-0.3, -0.25) is 0 Å². The maximum absolute atomic E-state index is 13.8. The van der Waals surface area contributed by atoms with Gasteiger partial charge in [0.25, 0.3) is 0 Å². The SMILES string of the molecule is O=C1Nc2cc(F)cc(F)c2B(O)N1Cc1ccccc1. The number of rotatable bonds is 2. The summed E-state index contributed by atoms with van der Waals surface area (Å²) in [5.74, 6) is -1.70. The summed E-state index contributed by atoms with van der Waals surface area (Å²) in [5, 5.41) is 12.6. The van der Waals surface area contributed by atoms with Crippen LogP contribution in [0.2, 0.25) is 0 Å². The number of halogens is 2. The van der Waals surface area contributed by atoms with E-state index in [2.05, 4.69) is 5.32 Å². The van der Waals surface area contributed by atoms with Gasteiger partial charge in [-0.1, -0.05) is 30.3 Å². The van der Waals surface area contributed by atoms with Crippen LogP contribution < -0.4 is 10.8 Å². The van der Waals surface area contributed by atoms with Crippen molar-refractivity contribution >= 4 is 24.2 Å². The van der Waals surface area contributed by atoms with E-state index in [1.807, 2.05) is 6.07 Å². The molecule has 0 unspecified atom stereocenters. The highest BCUT2D eigenvalue weighted by Gasteiger charge is 2.38. The van der Waals surface area contributed by atoms with E-state index in [0.717, 1.165) is 16.4 Å². The molecule has 2 aromatic carbocycles. The van der Waals surface area contributed by atoms with Crippen LogP contribution in [0.5, 0.6) is 0 Å². The maximum atomic E-state index is 13.8. The quantitative estimate of drug-likeness (QED) is 0.826. The van der Waals surface area contributed by atoms with Crippen LogP contribution in [-0.2, 0) is 6.54 Å². The summed E-state index contributed by atoms with van der Waals surface area (Å²) in [4.78, 5) is 13.1. The van der Waals surface area contributed by atoms with Gasteiger partial charge in [0.15, 0.2) is 0 Å². The number of nitrogens with zero attached hydrogens (tertiary/aromatic N) is 1. The minimum absolute atomic E-state index is 0.0469. The zero-order valence-electron chi connectivity index (χ0n) is 10.9. The monoisotopic (exact) mass is 288 g/mol. The number of benzene rings is 2. The molecular weight excluding hydrogens is 277 g/mol. The number of hydrogen-bond acceptors (Lipinski definition) is 2. The van der Waals surface area contributed by atoms with Crippen molar-refractivity contribution in [1.82, 2.24) is 4.81 Å². The normalized spacial score (nSPS) is 14.0. The van der Waals surface area contributed by atoms with Gasteiger partial charge in [0.1, 0.15) is 11.6 Å². The molecule has 4 nitrogen and oxygen atoms in total. The highest BCUT2D eigenvalue weighted by Crippen LogP contribution is 2.19. The second kappa shape index (κ2) is 5.18. The van der Waals surface area contributed by atoms with Crippen molar-refractivity contribution in [2.75, 3.05) is 5.32 Å². The zero-order chi connectivity index (χ0) is 15.0. The van der Waals surface area contributed by atoms with E-state index in [9.17, 15) is 18.6 Å². The largest absolute Gasteiger partial charge is 0.458 e. The van der Waals surface area contributed by atoms with Crippen LogP contribution in [0.25, 0.3) is 0 Å². The van der Waals surface area contributed by atoms with E-state index in [1.54, 1.807) is 24.3 Å². The first-order chi connectivity index (χ1) is 10.1. The third-order valence-electron chi connectivity index (χ3n) is 3.35. The van der Waals surface area contributed by atoms with Gasteiger partial charge in [-0.05, 0) is 11.6 Å². The van der Waals surface area contributed by atoms with Gasteiger partial charge >= 0.3 is 13.1 Å². The Kier molecular flexibility index (Phi) is 3.35. The van der Waals surface area contributed by atoms with E-state index < -0.39 is 24.7 Å². The third kappa shape index (κ3) is 2.47. The highest BCUT2D eigenvalue weighted by atomic mass is 19.1. The van der Waals surface area contributed by atoms with Crippen LogP contribution >= 0.6 is 0 Å². The van der Waals surface area contributed by atoms with Crippen molar-refractivity contribution in [2.24, 2.45) is 0 Å². The first-order valence-corrected chi connectivity index (χ1v) is 6.35. The molecule has 0 fully saturated rings. The van der Waals surface area contributed by atoms with Crippen molar-refractivity contribution in [3.63, 3.8) is 0 Å². The van der Waals surface area contributed by atoms with Gasteiger partial charge in [0.2, 0.25) is 0 Å². The fourth-order valence-corrected chi connectivity index (χ4v) is 2.34. The Morgan fingerprint density at radius 3 is 2.62 bits per heavy atom. The summed E-state index contributed by atoms with van der Waals surface area (Å²) < 4.78 is 27.0. The first-order valence-electron chi connectivity index (χ1n) is 6.35. The molecule has 3 rings (SSSR count). The molecule has 0 atom stereocenters. The van der Waals surface area contributed by atoms with Gasteiger partial charge in [-0.25, -0.2) is 13.6 Å². The molecule has 106 valence electrons.